The Kier molecular flexibility index (Phi) is 23.6. The Morgan fingerprint density at radius 1 is 0.514 bits per heavy atom. The van der Waals surface area contributed by atoms with Crippen molar-refractivity contribution in [2.45, 2.75) is 207 Å². The lowest BCUT2D eigenvalue weighted by Crippen LogP contribution is -2.13. The van der Waals surface area contributed by atoms with Crippen molar-refractivity contribution in [1.29, 1.82) is 0 Å². The molecule has 0 aliphatic rings. The van der Waals surface area contributed by atoms with Crippen LogP contribution >= 0.6 is 0 Å². The zero-order valence-corrected chi connectivity index (χ0v) is 26.1. The van der Waals surface area contributed by atoms with Crippen LogP contribution in [-0.4, -0.2) is 9.55 Å². The molecule has 1 rings (SSSR count). The summed E-state index contributed by atoms with van der Waals surface area (Å²) in [7, 11) is 0. The maximum Gasteiger partial charge on any atom is 0.111 e. The van der Waals surface area contributed by atoms with Crippen molar-refractivity contribution in [3.8, 4) is 0 Å². The van der Waals surface area contributed by atoms with E-state index in [0.29, 0.717) is 12.0 Å². The van der Waals surface area contributed by atoms with Crippen LogP contribution in [0.3, 0.4) is 0 Å². The summed E-state index contributed by atoms with van der Waals surface area (Å²) in [5, 5.41) is 0. The van der Waals surface area contributed by atoms with Gasteiger partial charge in [0.25, 0.3) is 0 Å². The second kappa shape index (κ2) is 25.5. The molecule has 0 aliphatic heterocycles. The van der Waals surface area contributed by atoms with Crippen LogP contribution in [0.15, 0.2) is 12.4 Å². The molecule has 0 fully saturated rings. The molecule has 218 valence electrons. The standard InChI is InChI=1S/C35H68N2/c1-5-8-11-13-15-16-17-18-19-20-21-23-25-27-30-34(29-26-24-22-14-12-9-6-2)35-36-31-32-37(35)33(4)28-10-7-3/h31-34H,5-30H2,1-4H3. The Morgan fingerprint density at radius 3 is 1.30 bits per heavy atom. The van der Waals surface area contributed by atoms with Crippen LogP contribution in [0.4, 0.5) is 0 Å². The lowest BCUT2D eigenvalue weighted by molar-refractivity contribution is 0.417. The van der Waals surface area contributed by atoms with Crippen LogP contribution in [0.25, 0.3) is 0 Å². The second-order valence-corrected chi connectivity index (χ2v) is 12.2. The summed E-state index contributed by atoms with van der Waals surface area (Å²) in [5.74, 6) is 2.05. The average Bonchev–Trinajstić information content (AvgIpc) is 3.40. The maximum atomic E-state index is 4.93. The Hall–Kier alpha value is -0.790. The Balaban J connectivity index is 2.30. The summed E-state index contributed by atoms with van der Waals surface area (Å²) in [5.41, 5.74) is 0. The maximum absolute atomic E-state index is 4.93. The van der Waals surface area contributed by atoms with Crippen molar-refractivity contribution in [3.63, 3.8) is 0 Å². The highest BCUT2D eigenvalue weighted by molar-refractivity contribution is 5.02. The van der Waals surface area contributed by atoms with E-state index in [9.17, 15) is 0 Å². The zero-order chi connectivity index (χ0) is 26.8. The van der Waals surface area contributed by atoms with Gasteiger partial charge in [-0.2, -0.15) is 0 Å². The molecule has 2 nitrogen and oxygen atoms in total. The molecule has 2 heteroatoms. The number of aromatic nitrogens is 2. The van der Waals surface area contributed by atoms with Crippen LogP contribution in [-0.2, 0) is 0 Å². The Bertz CT molecular complexity index is 578. The molecule has 37 heavy (non-hydrogen) atoms. The molecule has 1 aromatic heterocycles. The molecule has 1 heterocycles. The number of unbranched alkanes of at least 4 members (excludes halogenated alkanes) is 20. The monoisotopic (exact) mass is 517 g/mol. The fourth-order valence-electron chi connectivity index (χ4n) is 5.99. The van der Waals surface area contributed by atoms with Gasteiger partial charge in [0.2, 0.25) is 0 Å². The number of hydrogen-bond acceptors (Lipinski definition) is 1. The fourth-order valence-corrected chi connectivity index (χ4v) is 5.99. The molecule has 0 aromatic carbocycles. The summed E-state index contributed by atoms with van der Waals surface area (Å²) in [6.07, 6.45) is 40.9. The SMILES string of the molecule is CCCCCCCCCCCCCCCCC(CCCCCCCCC)c1nccn1C(C)CCCC. The van der Waals surface area contributed by atoms with Gasteiger partial charge >= 0.3 is 0 Å². The highest BCUT2D eigenvalue weighted by atomic mass is 15.1. The molecular formula is C35H68N2. The first-order chi connectivity index (χ1) is 18.2. The van der Waals surface area contributed by atoms with E-state index in [4.69, 9.17) is 4.98 Å². The normalized spacial score (nSPS) is 13.3. The molecule has 0 bridgehead atoms. The van der Waals surface area contributed by atoms with Crippen LogP contribution < -0.4 is 0 Å². The molecule has 0 N–H and O–H groups in total. The quantitative estimate of drug-likeness (QED) is 0.101. The predicted octanol–water partition coefficient (Wildman–Crippen LogP) is 12.7. The first-order valence-corrected chi connectivity index (χ1v) is 17.3. The third kappa shape index (κ3) is 18.2. The fraction of sp³-hybridized carbons (Fsp3) is 0.914. The Labute approximate surface area is 234 Å². The first-order valence-electron chi connectivity index (χ1n) is 17.3. The summed E-state index contributed by atoms with van der Waals surface area (Å²) < 4.78 is 2.53. The van der Waals surface area contributed by atoms with Gasteiger partial charge in [-0.1, -0.05) is 168 Å². The van der Waals surface area contributed by atoms with Crippen LogP contribution in [0, 0.1) is 0 Å². The summed E-state index contributed by atoms with van der Waals surface area (Å²) in [6, 6.07) is 0.588. The van der Waals surface area contributed by atoms with Crippen LogP contribution in [0.5, 0.6) is 0 Å². The van der Waals surface area contributed by atoms with Crippen molar-refractivity contribution < 1.29 is 0 Å². The van der Waals surface area contributed by atoms with Crippen molar-refractivity contribution in [1.82, 2.24) is 9.55 Å². The third-order valence-electron chi connectivity index (χ3n) is 8.58. The number of nitrogens with zero attached hydrogens (tertiary/aromatic N) is 2. The molecule has 0 spiro atoms. The van der Waals surface area contributed by atoms with E-state index < -0.39 is 0 Å². The topological polar surface area (TPSA) is 17.8 Å². The van der Waals surface area contributed by atoms with Gasteiger partial charge in [-0.05, 0) is 26.2 Å². The van der Waals surface area contributed by atoms with Gasteiger partial charge in [0.1, 0.15) is 5.82 Å². The molecule has 1 aromatic rings. The molecule has 2 unspecified atom stereocenters. The summed E-state index contributed by atoms with van der Waals surface area (Å²) in [6.45, 7) is 9.32. The van der Waals surface area contributed by atoms with Gasteiger partial charge in [-0.15, -0.1) is 0 Å². The smallest absolute Gasteiger partial charge is 0.111 e. The van der Waals surface area contributed by atoms with Crippen molar-refractivity contribution in [2.75, 3.05) is 0 Å². The lowest BCUT2D eigenvalue weighted by Gasteiger charge is -2.22. The molecule has 0 radical (unpaired) electrons. The molecule has 0 amide bonds. The highest BCUT2D eigenvalue weighted by Crippen LogP contribution is 2.30. The highest BCUT2D eigenvalue weighted by Gasteiger charge is 2.19. The largest absolute Gasteiger partial charge is 0.332 e. The number of imidazole rings is 1. The molecule has 0 aliphatic carbocycles. The minimum absolute atomic E-state index is 0.588. The van der Waals surface area contributed by atoms with Crippen LogP contribution in [0.2, 0.25) is 0 Å². The predicted molar refractivity (Wildman–Crippen MR) is 167 cm³/mol. The van der Waals surface area contributed by atoms with E-state index in [1.54, 1.807) is 0 Å². The van der Waals surface area contributed by atoms with Gasteiger partial charge in [-0.3, -0.25) is 0 Å². The van der Waals surface area contributed by atoms with E-state index >= 15 is 0 Å². The molecular weight excluding hydrogens is 448 g/mol. The van der Waals surface area contributed by atoms with E-state index in [1.165, 1.54) is 173 Å². The van der Waals surface area contributed by atoms with Gasteiger partial charge in [0.05, 0.1) is 0 Å². The lowest BCUT2D eigenvalue weighted by atomic mass is 9.92. The zero-order valence-electron chi connectivity index (χ0n) is 26.1. The number of hydrogen-bond donors (Lipinski definition) is 0. The Morgan fingerprint density at radius 2 is 0.892 bits per heavy atom. The van der Waals surface area contributed by atoms with Gasteiger partial charge < -0.3 is 4.57 Å². The second-order valence-electron chi connectivity index (χ2n) is 12.2. The molecule has 0 saturated heterocycles. The third-order valence-corrected chi connectivity index (χ3v) is 8.58. The molecule has 0 saturated carbocycles. The minimum atomic E-state index is 0.588. The van der Waals surface area contributed by atoms with Gasteiger partial charge in [0, 0.05) is 24.4 Å². The number of rotatable bonds is 28. The van der Waals surface area contributed by atoms with E-state index in [1.807, 2.05) is 0 Å². The van der Waals surface area contributed by atoms with Gasteiger partial charge in [-0.25, -0.2) is 4.98 Å². The van der Waals surface area contributed by atoms with E-state index in [-0.39, 0.29) is 0 Å². The molecule has 2 atom stereocenters. The van der Waals surface area contributed by atoms with Crippen molar-refractivity contribution in [2.24, 2.45) is 0 Å². The van der Waals surface area contributed by atoms with E-state index in [0.717, 1.165) is 0 Å². The van der Waals surface area contributed by atoms with Crippen LogP contribution in [0.1, 0.15) is 212 Å². The van der Waals surface area contributed by atoms with E-state index in [2.05, 4.69) is 44.7 Å². The average molecular weight is 517 g/mol. The van der Waals surface area contributed by atoms with Crippen molar-refractivity contribution in [3.05, 3.63) is 18.2 Å². The van der Waals surface area contributed by atoms with Crippen molar-refractivity contribution >= 4 is 0 Å². The minimum Gasteiger partial charge on any atom is -0.332 e. The summed E-state index contributed by atoms with van der Waals surface area (Å²) in [4.78, 5) is 4.93. The first kappa shape index (κ1) is 34.2. The van der Waals surface area contributed by atoms with Gasteiger partial charge in [0.15, 0.2) is 0 Å². The summed E-state index contributed by atoms with van der Waals surface area (Å²) >= 11 is 0.